The number of hydrogen-bond acceptors (Lipinski definition) is 0. The van der Waals surface area contributed by atoms with Gasteiger partial charge >= 0.3 is 0 Å². The lowest BCUT2D eigenvalue weighted by Gasteiger charge is -2.04. The van der Waals surface area contributed by atoms with Crippen molar-refractivity contribution in [1.82, 2.24) is 0 Å². The highest BCUT2D eigenvalue weighted by atomic mass is 14.5. The molecule has 10 heavy (non-hydrogen) atoms. The second-order valence-corrected chi connectivity index (χ2v) is 2.60. The summed E-state index contributed by atoms with van der Waals surface area (Å²) in [7, 11) is 0. The Balaban J connectivity index is 2.75. The van der Waals surface area contributed by atoms with Crippen LogP contribution in [0.5, 0.6) is 0 Å². The summed E-state index contributed by atoms with van der Waals surface area (Å²) in [4.78, 5) is 0. The smallest absolute Gasteiger partial charge is 0.0806 e. The molecule has 1 nitrogen and oxygen atoms in total. The normalized spacial score (nSPS) is 13.0. The van der Waals surface area contributed by atoms with E-state index < -0.39 is 0 Å². The molecule has 1 unspecified atom stereocenters. The molecule has 0 aliphatic rings. The van der Waals surface area contributed by atoms with E-state index in [1.165, 1.54) is 5.56 Å². The third-order valence-corrected chi connectivity index (χ3v) is 1.80. The van der Waals surface area contributed by atoms with Crippen LogP contribution in [0.4, 0.5) is 0 Å². The Hall–Kier alpha value is -0.820. The lowest BCUT2D eigenvalue weighted by molar-refractivity contribution is -0.371. The fraction of sp³-hybridized carbons (Fsp3) is 0.333. The van der Waals surface area contributed by atoms with E-state index in [9.17, 15) is 0 Å². The fourth-order valence-corrected chi connectivity index (χ4v) is 0.948. The van der Waals surface area contributed by atoms with Gasteiger partial charge in [0, 0.05) is 5.92 Å². The second kappa shape index (κ2) is 3.37. The molecular formula is C9H14N+. The zero-order valence-electron chi connectivity index (χ0n) is 6.38. The molecule has 0 saturated heterocycles. The van der Waals surface area contributed by atoms with Gasteiger partial charge in [-0.25, -0.2) is 0 Å². The largest absolute Gasteiger partial charge is 0.357 e. The van der Waals surface area contributed by atoms with Gasteiger partial charge in [-0.15, -0.1) is 0 Å². The van der Waals surface area contributed by atoms with E-state index in [1.54, 1.807) is 0 Å². The topological polar surface area (TPSA) is 27.6 Å². The van der Waals surface area contributed by atoms with Crippen molar-refractivity contribution in [1.29, 1.82) is 0 Å². The second-order valence-electron chi connectivity index (χ2n) is 2.60. The lowest BCUT2D eigenvalue weighted by Crippen LogP contribution is -2.52. The zero-order chi connectivity index (χ0) is 7.40. The zero-order valence-corrected chi connectivity index (χ0v) is 6.38. The quantitative estimate of drug-likeness (QED) is 0.629. The van der Waals surface area contributed by atoms with Gasteiger partial charge in [0.05, 0.1) is 6.54 Å². The van der Waals surface area contributed by atoms with Crippen LogP contribution in [0.2, 0.25) is 0 Å². The van der Waals surface area contributed by atoms with Crippen LogP contribution in [0.3, 0.4) is 0 Å². The number of rotatable bonds is 2. The van der Waals surface area contributed by atoms with Crippen molar-refractivity contribution in [3.05, 3.63) is 35.9 Å². The molecule has 1 aromatic rings. The fourth-order valence-electron chi connectivity index (χ4n) is 0.948. The van der Waals surface area contributed by atoms with E-state index in [2.05, 4.69) is 36.9 Å². The summed E-state index contributed by atoms with van der Waals surface area (Å²) in [6.45, 7) is 3.17. The molecule has 1 rings (SSSR count). The number of hydrogen-bond donors (Lipinski definition) is 1. The van der Waals surface area contributed by atoms with E-state index in [0.29, 0.717) is 5.92 Å². The minimum Gasteiger partial charge on any atom is -0.357 e. The van der Waals surface area contributed by atoms with E-state index >= 15 is 0 Å². The molecule has 0 aromatic heterocycles. The van der Waals surface area contributed by atoms with Gasteiger partial charge in [-0.2, -0.15) is 0 Å². The maximum absolute atomic E-state index is 3.86. The predicted octanol–water partition coefficient (Wildman–Crippen LogP) is 1.03. The molecule has 0 aliphatic heterocycles. The summed E-state index contributed by atoms with van der Waals surface area (Å²) >= 11 is 0. The van der Waals surface area contributed by atoms with Crippen molar-refractivity contribution < 1.29 is 5.73 Å². The molecule has 0 saturated carbocycles. The molecule has 54 valence electrons. The van der Waals surface area contributed by atoms with Gasteiger partial charge in [-0.3, -0.25) is 0 Å². The minimum atomic E-state index is 0.598. The Morgan fingerprint density at radius 2 is 1.90 bits per heavy atom. The Labute approximate surface area is 61.9 Å². The van der Waals surface area contributed by atoms with Gasteiger partial charge in [0.15, 0.2) is 0 Å². The van der Waals surface area contributed by atoms with Crippen LogP contribution in [-0.2, 0) is 0 Å². The summed E-state index contributed by atoms with van der Waals surface area (Å²) < 4.78 is 0. The van der Waals surface area contributed by atoms with E-state index in [-0.39, 0.29) is 0 Å². The molecule has 1 heteroatoms. The standard InChI is InChI=1S/C9H13N/c1-8(7-10)9-5-3-2-4-6-9/h2-6,8H,7,10H2,1H3/p+1. The first-order chi connectivity index (χ1) is 4.84. The first-order valence-electron chi connectivity index (χ1n) is 3.68. The molecule has 0 fully saturated rings. The monoisotopic (exact) mass is 136 g/mol. The first kappa shape index (κ1) is 7.29. The lowest BCUT2D eigenvalue weighted by atomic mass is 10.0. The summed E-state index contributed by atoms with van der Waals surface area (Å²) in [6.07, 6.45) is 0. The van der Waals surface area contributed by atoms with Crippen molar-refractivity contribution in [2.45, 2.75) is 12.8 Å². The van der Waals surface area contributed by atoms with Crippen LogP contribution < -0.4 is 5.73 Å². The van der Waals surface area contributed by atoms with E-state index in [0.717, 1.165) is 6.54 Å². The molecular weight excluding hydrogens is 122 g/mol. The SMILES string of the molecule is CC(C[NH3+])c1ccccc1. The predicted molar refractivity (Wildman–Crippen MR) is 42.6 cm³/mol. The molecule has 0 radical (unpaired) electrons. The van der Waals surface area contributed by atoms with Crippen molar-refractivity contribution in [2.24, 2.45) is 0 Å². The van der Waals surface area contributed by atoms with Crippen LogP contribution in [0, 0.1) is 0 Å². The first-order valence-corrected chi connectivity index (χ1v) is 3.68. The Morgan fingerprint density at radius 3 is 2.40 bits per heavy atom. The van der Waals surface area contributed by atoms with Crippen LogP contribution >= 0.6 is 0 Å². The number of quaternary nitrogens is 1. The van der Waals surface area contributed by atoms with Gasteiger partial charge < -0.3 is 5.73 Å². The summed E-state index contributed by atoms with van der Waals surface area (Å²) in [5.41, 5.74) is 5.25. The highest BCUT2D eigenvalue weighted by molar-refractivity contribution is 5.18. The van der Waals surface area contributed by atoms with Crippen molar-refractivity contribution in [3.63, 3.8) is 0 Å². The molecule has 1 atom stereocenters. The highest BCUT2D eigenvalue weighted by Gasteiger charge is 2.01. The molecule has 3 N–H and O–H groups in total. The molecule has 0 amide bonds. The van der Waals surface area contributed by atoms with Crippen molar-refractivity contribution in [2.75, 3.05) is 6.54 Å². The van der Waals surface area contributed by atoms with Crippen LogP contribution in [0.15, 0.2) is 30.3 Å². The number of benzene rings is 1. The van der Waals surface area contributed by atoms with Gasteiger partial charge in [0.25, 0.3) is 0 Å². The average Bonchev–Trinajstić information content (AvgIpc) is 2.05. The van der Waals surface area contributed by atoms with Gasteiger partial charge in [0.1, 0.15) is 0 Å². The van der Waals surface area contributed by atoms with Gasteiger partial charge in [-0.1, -0.05) is 37.3 Å². The van der Waals surface area contributed by atoms with Crippen molar-refractivity contribution >= 4 is 0 Å². The van der Waals surface area contributed by atoms with Gasteiger partial charge in [-0.05, 0) is 5.56 Å². The molecule has 0 spiro atoms. The minimum absolute atomic E-state index is 0.598. The Morgan fingerprint density at radius 1 is 1.30 bits per heavy atom. The van der Waals surface area contributed by atoms with Crippen molar-refractivity contribution in [3.8, 4) is 0 Å². The molecule has 0 heterocycles. The molecule has 0 aliphatic carbocycles. The summed E-state index contributed by atoms with van der Waals surface area (Å²) in [5, 5.41) is 0. The van der Waals surface area contributed by atoms with Crippen LogP contribution in [-0.4, -0.2) is 6.54 Å². The summed E-state index contributed by atoms with van der Waals surface area (Å²) in [6, 6.07) is 10.5. The molecule has 0 bridgehead atoms. The van der Waals surface area contributed by atoms with Crippen LogP contribution in [0.1, 0.15) is 18.4 Å². The summed E-state index contributed by atoms with van der Waals surface area (Å²) in [5.74, 6) is 0.598. The molecule has 1 aromatic carbocycles. The average molecular weight is 136 g/mol. The Kier molecular flexibility index (Phi) is 2.46. The van der Waals surface area contributed by atoms with Gasteiger partial charge in [0.2, 0.25) is 0 Å². The third-order valence-electron chi connectivity index (χ3n) is 1.80. The van der Waals surface area contributed by atoms with E-state index in [4.69, 9.17) is 0 Å². The maximum atomic E-state index is 3.86. The maximum Gasteiger partial charge on any atom is 0.0806 e. The van der Waals surface area contributed by atoms with Crippen LogP contribution in [0.25, 0.3) is 0 Å². The van der Waals surface area contributed by atoms with E-state index in [1.807, 2.05) is 6.07 Å². The third kappa shape index (κ3) is 1.58. The highest BCUT2D eigenvalue weighted by Crippen LogP contribution is 2.10. The Bertz CT molecular complexity index is 181.